The molecule has 3 rings (SSSR count). The molecule has 1 unspecified atom stereocenters. The van der Waals surface area contributed by atoms with Crippen molar-refractivity contribution in [2.24, 2.45) is 11.7 Å². The van der Waals surface area contributed by atoms with Crippen LogP contribution in [0.3, 0.4) is 0 Å². The minimum Gasteiger partial charge on any atom is -0.341 e. The molecule has 130 valence electrons. The molecule has 4 heteroatoms. The van der Waals surface area contributed by atoms with Crippen LogP contribution < -0.4 is 5.73 Å². The van der Waals surface area contributed by atoms with Crippen molar-refractivity contribution < 1.29 is 9.59 Å². The molecule has 2 aromatic carbocycles. The highest BCUT2D eigenvalue weighted by molar-refractivity contribution is 5.98. The van der Waals surface area contributed by atoms with Crippen LogP contribution in [0.1, 0.15) is 28.8 Å². The van der Waals surface area contributed by atoms with Gasteiger partial charge < -0.3 is 10.6 Å². The van der Waals surface area contributed by atoms with Crippen molar-refractivity contribution in [2.75, 3.05) is 13.1 Å². The van der Waals surface area contributed by atoms with Crippen molar-refractivity contribution in [3.8, 4) is 0 Å². The van der Waals surface area contributed by atoms with Crippen LogP contribution in [0, 0.1) is 5.92 Å². The molecule has 1 fully saturated rings. The van der Waals surface area contributed by atoms with Crippen LogP contribution in [0.15, 0.2) is 60.7 Å². The van der Waals surface area contributed by atoms with E-state index < -0.39 is 6.04 Å². The van der Waals surface area contributed by atoms with Gasteiger partial charge in [-0.2, -0.15) is 0 Å². The summed E-state index contributed by atoms with van der Waals surface area (Å²) < 4.78 is 0. The van der Waals surface area contributed by atoms with E-state index in [0.29, 0.717) is 32.4 Å². The topological polar surface area (TPSA) is 63.4 Å². The number of hydrogen-bond acceptors (Lipinski definition) is 3. The Balaban J connectivity index is 1.53. The van der Waals surface area contributed by atoms with Crippen molar-refractivity contribution in [1.29, 1.82) is 0 Å². The number of Topliss-reactive ketones (excluding diaryl/α,β-unsaturated/α-hetero) is 1. The van der Waals surface area contributed by atoms with Gasteiger partial charge in [0.1, 0.15) is 0 Å². The highest BCUT2D eigenvalue weighted by atomic mass is 16.2. The van der Waals surface area contributed by atoms with Gasteiger partial charge in [0, 0.05) is 24.6 Å². The van der Waals surface area contributed by atoms with Crippen molar-refractivity contribution >= 4 is 11.7 Å². The van der Waals surface area contributed by atoms with E-state index in [4.69, 9.17) is 5.73 Å². The molecule has 0 aromatic heterocycles. The molecule has 1 saturated heterocycles. The summed E-state index contributed by atoms with van der Waals surface area (Å²) in [4.78, 5) is 26.9. The summed E-state index contributed by atoms with van der Waals surface area (Å²) in [5, 5.41) is 0. The number of nitrogens with zero attached hydrogens (tertiary/aromatic N) is 1. The van der Waals surface area contributed by atoms with E-state index in [9.17, 15) is 9.59 Å². The predicted molar refractivity (Wildman–Crippen MR) is 98.2 cm³/mol. The molecule has 0 aliphatic carbocycles. The van der Waals surface area contributed by atoms with Crippen molar-refractivity contribution in [1.82, 2.24) is 4.90 Å². The SMILES string of the molecule is NC(Cc1ccccc1)C(=O)N1CCC(C(=O)c2ccccc2)CC1. The largest absolute Gasteiger partial charge is 0.341 e. The quantitative estimate of drug-likeness (QED) is 0.854. The Morgan fingerprint density at radius 3 is 2.12 bits per heavy atom. The van der Waals surface area contributed by atoms with Gasteiger partial charge in [-0.3, -0.25) is 9.59 Å². The van der Waals surface area contributed by atoms with Gasteiger partial charge in [-0.15, -0.1) is 0 Å². The smallest absolute Gasteiger partial charge is 0.239 e. The van der Waals surface area contributed by atoms with E-state index in [2.05, 4.69) is 0 Å². The normalized spacial score (nSPS) is 16.4. The zero-order chi connectivity index (χ0) is 17.6. The zero-order valence-electron chi connectivity index (χ0n) is 14.3. The molecular formula is C21H24N2O2. The average molecular weight is 336 g/mol. The second-order valence-electron chi connectivity index (χ2n) is 6.63. The van der Waals surface area contributed by atoms with Gasteiger partial charge >= 0.3 is 0 Å². The first-order valence-electron chi connectivity index (χ1n) is 8.82. The number of amides is 1. The van der Waals surface area contributed by atoms with Gasteiger partial charge in [-0.25, -0.2) is 0 Å². The van der Waals surface area contributed by atoms with Crippen LogP contribution in [-0.4, -0.2) is 35.7 Å². The van der Waals surface area contributed by atoms with Crippen LogP contribution >= 0.6 is 0 Å². The third kappa shape index (κ3) is 4.34. The summed E-state index contributed by atoms with van der Waals surface area (Å²) in [7, 11) is 0. The Morgan fingerprint density at radius 1 is 0.960 bits per heavy atom. The van der Waals surface area contributed by atoms with Gasteiger partial charge in [0.25, 0.3) is 0 Å². The summed E-state index contributed by atoms with van der Waals surface area (Å²) in [5.41, 5.74) is 7.93. The standard InChI is InChI=1S/C21H24N2O2/c22-19(15-16-7-3-1-4-8-16)21(25)23-13-11-18(12-14-23)20(24)17-9-5-2-6-10-17/h1-10,18-19H,11-15,22H2. The molecule has 1 aliphatic rings. The van der Waals surface area contributed by atoms with Gasteiger partial charge in [-0.1, -0.05) is 60.7 Å². The minimum absolute atomic E-state index is 0.00296. The summed E-state index contributed by atoms with van der Waals surface area (Å²) >= 11 is 0. The van der Waals surface area contributed by atoms with E-state index >= 15 is 0 Å². The molecule has 1 aliphatic heterocycles. The highest BCUT2D eigenvalue weighted by Crippen LogP contribution is 2.22. The first-order valence-corrected chi connectivity index (χ1v) is 8.82. The number of benzene rings is 2. The summed E-state index contributed by atoms with van der Waals surface area (Å²) in [6.45, 7) is 1.20. The molecule has 1 amide bonds. The molecule has 1 heterocycles. The van der Waals surface area contributed by atoms with E-state index in [0.717, 1.165) is 11.1 Å². The Hall–Kier alpha value is -2.46. The molecule has 0 saturated carbocycles. The third-order valence-electron chi connectivity index (χ3n) is 4.85. The van der Waals surface area contributed by atoms with Crippen LogP contribution in [0.4, 0.5) is 0 Å². The number of carbonyl (C=O) groups excluding carboxylic acids is 2. The lowest BCUT2D eigenvalue weighted by Crippen LogP contribution is -2.48. The average Bonchev–Trinajstić information content (AvgIpc) is 2.68. The van der Waals surface area contributed by atoms with E-state index in [1.165, 1.54) is 0 Å². The summed E-state index contributed by atoms with van der Waals surface area (Å²) in [6, 6.07) is 18.7. The third-order valence-corrected chi connectivity index (χ3v) is 4.85. The fraction of sp³-hybridized carbons (Fsp3) is 0.333. The fourth-order valence-corrected chi connectivity index (χ4v) is 3.39. The number of rotatable bonds is 5. The van der Waals surface area contributed by atoms with E-state index in [1.807, 2.05) is 65.6 Å². The second kappa shape index (κ2) is 8.08. The van der Waals surface area contributed by atoms with Gasteiger partial charge in [0.2, 0.25) is 5.91 Å². The monoisotopic (exact) mass is 336 g/mol. The molecule has 25 heavy (non-hydrogen) atoms. The van der Waals surface area contributed by atoms with Gasteiger partial charge in [-0.05, 0) is 24.8 Å². The molecule has 4 nitrogen and oxygen atoms in total. The first kappa shape index (κ1) is 17.4. The summed E-state index contributed by atoms with van der Waals surface area (Å²) in [6.07, 6.45) is 1.96. The Morgan fingerprint density at radius 2 is 1.52 bits per heavy atom. The van der Waals surface area contributed by atoms with Crippen molar-refractivity contribution in [3.63, 3.8) is 0 Å². The van der Waals surface area contributed by atoms with Gasteiger partial charge in [0.05, 0.1) is 6.04 Å². The maximum absolute atomic E-state index is 12.6. The number of nitrogens with two attached hydrogens (primary N) is 1. The van der Waals surface area contributed by atoms with Crippen LogP contribution in [0.25, 0.3) is 0 Å². The van der Waals surface area contributed by atoms with Crippen LogP contribution in [0.2, 0.25) is 0 Å². The molecule has 1 atom stereocenters. The minimum atomic E-state index is -0.524. The Labute approximate surface area is 148 Å². The number of likely N-dealkylation sites (tertiary alicyclic amines) is 1. The molecule has 0 spiro atoms. The Bertz CT molecular complexity index is 707. The molecule has 2 aromatic rings. The zero-order valence-corrected chi connectivity index (χ0v) is 14.3. The van der Waals surface area contributed by atoms with E-state index in [1.54, 1.807) is 0 Å². The van der Waals surface area contributed by atoms with E-state index in [-0.39, 0.29) is 17.6 Å². The second-order valence-corrected chi connectivity index (χ2v) is 6.63. The lowest BCUT2D eigenvalue weighted by molar-refractivity contribution is -0.133. The fourth-order valence-electron chi connectivity index (χ4n) is 3.39. The number of piperidine rings is 1. The van der Waals surface area contributed by atoms with Crippen LogP contribution in [0.5, 0.6) is 0 Å². The number of hydrogen-bond donors (Lipinski definition) is 1. The van der Waals surface area contributed by atoms with Crippen LogP contribution in [-0.2, 0) is 11.2 Å². The maximum atomic E-state index is 12.6. The number of carbonyl (C=O) groups is 2. The molecule has 0 bridgehead atoms. The summed E-state index contributed by atoms with van der Waals surface area (Å²) in [5.74, 6) is 0.160. The van der Waals surface area contributed by atoms with Crippen molar-refractivity contribution in [3.05, 3.63) is 71.8 Å². The molecule has 2 N–H and O–H groups in total. The molecular weight excluding hydrogens is 312 g/mol. The first-order chi connectivity index (χ1) is 12.1. The molecule has 0 radical (unpaired) electrons. The van der Waals surface area contributed by atoms with Gasteiger partial charge in [0.15, 0.2) is 5.78 Å². The maximum Gasteiger partial charge on any atom is 0.239 e. The predicted octanol–water partition coefficient (Wildman–Crippen LogP) is 2.68. The number of ketones is 1. The Kier molecular flexibility index (Phi) is 5.61. The highest BCUT2D eigenvalue weighted by Gasteiger charge is 2.29. The van der Waals surface area contributed by atoms with Crippen molar-refractivity contribution in [2.45, 2.75) is 25.3 Å². The lowest BCUT2D eigenvalue weighted by atomic mass is 9.88. The lowest BCUT2D eigenvalue weighted by Gasteiger charge is -2.33.